The molecule has 0 radical (unpaired) electrons. The van der Waals surface area contributed by atoms with Crippen molar-refractivity contribution in [2.75, 3.05) is 6.54 Å². The maximum atomic E-state index is 12.3. The summed E-state index contributed by atoms with van der Waals surface area (Å²) in [5.41, 5.74) is 0. The second kappa shape index (κ2) is 6.92. The fourth-order valence-corrected chi connectivity index (χ4v) is 2.52. The molecule has 1 aliphatic carbocycles. The topological polar surface area (TPSA) is 57.6 Å². The third-order valence-corrected chi connectivity index (χ3v) is 3.60. The summed E-state index contributed by atoms with van der Waals surface area (Å²) in [4.78, 5) is 25.0. The molecule has 1 saturated carbocycles. The highest BCUT2D eigenvalue weighted by Crippen LogP contribution is 2.29. The Balaban J connectivity index is 2.51. The van der Waals surface area contributed by atoms with Crippen molar-refractivity contribution in [2.24, 2.45) is 17.8 Å². The van der Waals surface area contributed by atoms with Crippen molar-refractivity contribution in [3.8, 4) is 0 Å². The number of carboxylic acids is 1. The quantitative estimate of drug-likeness (QED) is 0.737. The monoisotopic (exact) mass is 269 g/mol. The Morgan fingerprint density at radius 2 is 1.79 bits per heavy atom. The van der Waals surface area contributed by atoms with Gasteiger partial charge in [-0.05, 0) is 31.1 Å². The molecule has 19 heavy (non-hydrogen) atoms. The van der Waals surface area contributed by atoms with Crippen molar-refractivity contribution in [3.63, 3.8) is 0 Å². The van der Waals surface area contributed by atoms with Gasteiger partial charge in [0, 0.05) is 19.0 Å². The van der Waals surface area contributed by atoms with E-state index in [1.54, 1.807) is 11.8 Å². The van der Waals surface area contributed by atoms with Gasteiger partial charge >= 0.3 is 5.97 Å². The minimum atomic E-state index is -0.825. The molecule has 1 aliphatic rings. The van der Waals surface area contributed by atoms with E-state index in [-0.39, 0.29) is 5.91 Å². The molecule has 1 amide bonds. The molecule has 0 aliphatic heterocycles. The number of aliphatic carboxylic acids is 1. The van der Waals surface area contributed by atoms with E-state index < -0.39 is 11.9 Å². The number of nitrogens with zero attached hydrogens (tertiary/aromatic N) is 1. The number of hydrogen-bond acceptors (Lipinski definition) is 2. The SMILES string of the molecule is CC(C)CC(C)CC(=O)N(CC(C)C(=O)O)C1CC1. The van der Waals surface area contributed by atoms with E-state index in [0.717, 1.165) is 19.3 Å². The van der Waals surface area contributed by atoms with E-state index in [9.17, 15) is 9.59 Å². The van der Waals surface area contributed by atoms with E-state index in [1.165, 1.54) is 0 Å². The van der Waals surface area contributed by atoms with E-state index in [1.807, 2.05) is 0 Å². The average molecular weight is 269 g/mol. The van der Waals surface area contributed by atoms with Gasteiger partial charge in [-0.2, -0.15) is 0 Å². The minimum Gasteiger partial charge on any atom is -0.481 e. The second-order valence-electron chi connectivity index (χ2n) is 6.46. The number of rotatable bonds is 8. The summed E-state index contributed by atoms with van der Waals surface area (Å²) in [7, 11) is 0. The third-order valence-electron chi connectivity index (χ3n) is 3.60. The van der Waals surface area contributed by atoms with E-state index in [0.29, 0.717) is 30.8 Å². The van der Waals surface area contributed by atoms with Gasteiger partial charge < -0.3 is 10.0 Å². The molecular weight excluding hydrogens is 242 g/mol. The zero-order valence-electron chi connectivity index (χ0n) is 12.6. The van der Waals surface area contributed by atoms with Crippen LogP contribution in [0.4, 0.5) is 0 Å². The van der Waals surface area contributed by atoms with Gasteiger partial charge in [0.25, 0.3) is 0 Å². The highest BCUT2D eigenvalue weighted by Gasteiger charge is 2.34. The molecule has 0 saturated heterocycles. The molecule has 4 heteroatoms. The van der Waals surface area contributed by atoms with Crippen LogP contribution in [0.25, 0.3) is 0 Å². The molecule has 1 N–H and O–H groups in total. The maximum absolute atomic E-state index is 12.3. The first-order chi connectivity index (χ1) is 8.81. The van der Waals surface area contributed by atoms with Crippen molar-refractivity contribution >= 4 is 11.9 Å². The summed E-state index contributed by atoms with van der Waals surface area (Å²) < 4.78 is 0. The Morgan fingerprint density at radius 1 is 1.21 bits per heavy atom. The zero-order chi connectivity index (χ0) is 14.6. The van der Waals surface area contributed by atoms with Crippen LogP contribution < -0.4 is 0 Å². The first kappa shape index (κ1) is 16.0. The standard InChI is InChI=1S/C15H27NO3/c1-10(2)7-11(3)8-14(17)16(13-5-6-13)9-12(4)15(18)19/h10-13H,5-9H2,1-4H3,(H,18,19). The van der Waals surface area contributed by atoms with Crippen LogP contribution in [0.5, 0.6) is 0 Å². The highest BCUT2D eigenvalue weighted by atomic mass is 16.4. The lowest BCUT2D eigenvalue weighted by atomic mass is 9.95. The molecule has 0 aromatic carbocycles. The average Bonchev–Trinajstić information content (AvgIpc) is 3.07. The van der Waals surface area contributed by atoms with Gasteiger partial charge in [0.2, 0.25) is 5.91 Å². The zero-order valence-corrected chi connectivity index (χ0v) is 12.6. The molecule has 0 heterocycles. The summed E-state index contributed by atoms with van der Waals surface area (Å²) in [6.45, 7) is 8.44. The molecule has 1 fully saturated rings. The summed E-state index contributed by atoms with van der Waals surface area (Å²) in [5, 5.41) is 8.98. The van der Waals surface area contributed by atoms with Gasteiger partial charge in [-0.25, -0.2) is 0 Å². The van der Waals surface area contributed by atoms with Crippen LogP contribution >= 0.6 is 0 Å². The van der Waals surface area contributed by atoms with Gasteiger partial charge in [0.15, 0.2) is 0 Å². The molecule has 4 nitrogen and oxygen atoms in total. The molecule has 2 atom stereocenters. The first-order valence-corrected chi connectivity index (χ1v) is 7.33. The Bertz CT molecular complexity index is 323. The largest absolute Gasteiger partial charge is 0.481 e. The van der Waals surface area contributed by atoms with E-state index in [4.69, 9.17) is 5.11 Å². The fraction of sp³-hybridized carbons (Fsp3) is 0.867. The van der Waals surface area contributed by atoms with Crippen LogP contribution in [0.2, 0.25) is 0 Å². The van der Waals surface area contributed by atoms with Gasteiger partial charge in [0.1, 0.15) is 0 Å². The van der Waals surface area contributed by atoms with Gasteiger partial charge in [0.05, 0.1) is 5.92 Å². The summed E-state index contributed by atoms with van der Waals surface area (Å²) in [6.07, 6.45) is 3.63. The van der Waals surface area contributed by atoms with Crippen molar-refractivity contribution in [1.82, 2.24) is 4.90 Å². The lowest BCUT2D eigenvalue weighted by Gasteiger charge is -2.26. The summed E-state index contributed by atoms with van der Waals surface area (Å²) in [5.74, 6) is -0.216. The van der Waals surface area contributed by atoms with Crippen molar-refractivity contribution in [3.05, 3.63) is 0 Å². The summed E-state index contributed by atoms with van der Waals surface area (Å²) >= 11 is 0. The first-order valence-electron chi connectivity index (χ1n) is 7.33. The smallest absolute Gasteiger partial charge is 0.308 e. The Morgan fingerprint density at radius 3 is 2.21 bits per heavy atom. The molecule has 0 aromatic rings. The van der Waals surface area contributed by atoms with Gasteiger partial charge in [-0.1, -0.05) is 27.7 Å². The van der Waals surface area contributed by atoms with Crippen molar-refractivity contribution < 1.29 is 14.7 Å². The fourth-order valence-electron chi connectivity index (χ4n) is 2.52. The number of hydrogen-bond donors (Lipinski definition) is 1. The maximum Gasteiger partial charge on any atom is 0.308 e. The van der Waals surface area contributed by atoms with Gasteiger partial charge in [-0.3, -0.25) is 9.59 Å². The van der Waals surface area contributed by atoms with Crippen molar-refractivity contribution in [2.45, 2.75) is 59.4 Å². The molecule has 0 aromatic heterocycles. The molecular formula is C15H27NO3. The minimum absolute atomic E-state index is 0.128. The Kier molecular flexibility index (Phi) is 5.83. The molecule has 0 spiro atoms. The van der Waals surface area contributed by atoms with Crippen molar-refractivity contribution in [1.29, 1.82) is 0 Å². The highest BCUT2D eigenvalue weighted by molar-refractivity contribution is 5.78. The predicted molar refractivity (Wildman–Crippen MR) is 74.8 cm³/mol. The number of carbonyl (C=O) groups excluding carboxylic acids is 1. The van der Waals surface area contributed by atoms with E-state index >= 15 is 0 Å². The van der Waals surface area contributed by atoms with E-state index in [2.05, 4.69) is 20.8 Å². The Hall–Kier alpha value is -1.06. The molecule has 110 valence electrons. The number of carboxylic acid groups (broad SMARTS) is 1. The predicted octanol–water partition coefficient (Wildman–Crippen LogP) is 2.77. The second-order valence-corrected chi connectivity index (χ2v) is 6.46. The molecule has 0 bridgehead atoms. The Labute approximate surface area is 116 Å². The lowest BCUT2D eigenvalue weighted by Crippen LogP contribution is -2.39. The van der Waals surface area contributed by atoms with Crippen LogP contribution in [0, 0.1) is 17.8 Å². The van der Waals surface area contributed by atoms with Crippen LogP contribution in [0.3, 0.4) is 0 Å². The van der Waals surface area contributed by atoms with Crippen LogP contribution in [0.1, 0.15) is 53.4 Å². The normalized spacial score (nSPS) is 18.2. The molecule has 1 rings (SSSR count). The van der Waals surface area contributed by atoms with Crippen LogP contribution in [-0.4, -0.2) is 34.5 Å². The lowest BCUT2D eigenvalue weighted by molar-refractivity contribution is -0.143. The number of amides is 1. The number of carbonyl (C=O) groups is 2. The van der Waals surface area contributed by atoms with Crippen LogP contribution in [0.15, 0.2) is 0 Å². The van der Waals surface area contributed by atoms with Crippen LogP contribution in [-0.2, 0) is 9.59 Å². The summed E-state index contributed by atoms with van der Waals surface area (Å²) in [6, 6.07) is 0.292. The molecule has 2 unspecified atom stereocenters. The van der Waals surface area contributed by atoms with Gasteiger partial charge in [-0.15, -0.1) is 0 Å². The third kappa shape index (κ3) is 5.62.